The number of likely N-dealkylation sites (tertiary alicyclic amines) is 1. The lowest BCUT2D eigenvalue weighted by Crippen LogP contribution is -2.42. The van der Waals surface area contributed by atoms with Crippen molar-refractivity contribution in [3.8, 4) is 22.9 Å². The van der Waals surface area contributed by atoms with Gasteiger partial charge < -0.3 is 35.0 Å². The molecule has 4 rings (SSSR count). The van der Waals surface area contributed by atoms with Crippen LogP contribution < -0.4 is 9.47 Å². The Morgan fingerprint density at radius 3 is 1.93 bits per heavy atom. The summed E-state index contributed by atoms with van der Waals surface area (Å²) >= 11 is 0. The average Bonchev–Trinajstić information content (AvgIpc) is 2.98. The van der Waals surface area contributed by atoms with Crippen LogP contribution in [0.1, 0.15) is 36.8 Å². The number of aliphatic carboxylic acids is 3. The molecule has 0 saturated carbocycles. The zero-order valence-electron chi connectivity index (χ0n) is 23.8. The number of benzene rings is 2. The number of piperidine rings is 1. The molecule has 1 aromatic heterocycles. The molecule has 0 unspecified atom stereocenters. The number of ether oxygens (including phenoxy) is 2. The average molecular weight is 598 g/mol. The van der Waals surface area contributed by atoms with Crippen molar-refractivity contribution in [2.24, 2.45) is 0 Å². The highest BCUT2D eigenvalue weighted by molar-refractivity contribution is 5.88. The molecular weight excluding hydrogens is 562 g/mol. The summed E-state index contributed by atoms with van der Waals surface area (Å²) in [4.78, 5) is 41.9. The maximum Gasteiger partial charge on any atom is 0.336 e. The fourth-order valence-corrected chi connectivity index (χ4v) is 4.68. The number of carboxylic acids is 3. The van der Waals surface area contributed by atoms with E-state index >= 15 is 0 Å². The molecule has 1 aliphatic rings. The normalized spacial score (nSPS) is 14.6. The Morgan fingerprint density at radius 2 is 1.44 bits per heavy atom. The van der Waals surface area contributed by atoms with Gasteiger partial charge in [0.25, 0.3) is 0 Å². The quantitative estimate of drug-likeness (QED) is 0.216. The number of aliphatic hydroxyl groups is 2. The first-order valence-electron chi connectivity index (χ1n) is 13.3. The van der Waals surface area contributed by atoms with Crippen molar-refractivity contribution in [3.63, 3.8) is 0 Å². The molecule has 0 bridgehead atoms. The maximum atomic E-state index is 11.2. The van der Waals surface area contributed by atoms with Crippen LogP contribution in [-0.2, 0) is 26.5 Å². The third kappa shape index (κ3) is 8.95. The van der Waals surface area contributed by atoms with Crippen LogP contribution in [0.2, 0.25) is 0 Å². The number of aromatic nitrogens is 2. The molecule has 0 spiro atoms. The van der Waals surface area contributed by atoms with Gasteiger partial charge in [0.15, 0.2) is 11.4 Å². The molecule has 5 N–H and O–H groups in total. The summed E-state index contributed by atoms with van der Waals surface area (Å²) in [6, 6.07) is 15.5. The molecule has 1 fully saturated rings. The summed E-state index contributed by atoms with van der Waals surface area (Å²) in [5.41, 5.74) is -0.688. The Labute approximate surface area is 248 Å². The molecular formula is C30H35N3O10. The van der Waals surface area contributed by atoms with Gasteiger partial charge in [0.05, 0.1) is 32.7 Å². The summed E-state index contributed by atoms with van der Waals surface area (Å²) in [6.45, 7) is 2.37. The number of rotatable bonds is 11. The van der Waals surface area contributed by atoms with Crippen molar-refractivity contribution in [2.75, 3.05) is 27.3 Å². The molecule has 0 amide bonds. The van der Waals surface area contributed by atoms with Crippen molar-refractivity contribution < 1.29 is 49.4 Å². The maximum absolute atomic E-state index is 11.2. The van der Waals surface area contributed by atoms with E-state index in [1.807, 2.05) is 60.9 Å². The van der Waals surface area contributed by atoms with Gasteiger partial charge in [-0.05, 0) is 43.2 Å². The van der Waals surface area contributed by atoms with Crippen LogP contribution >= 0.6 is 0 Å². The third-order valence-electron chi connectivity index (χ3n) is 7.04. The van der Waals surface area contributed by atoms with Crippen LogP contribution in [-0.4, -0.2) is 91.2 Å². The fraction of sp³-hybridized carbons (Fsp3) is 0.367. The van der Waals surface area contributed by atoms with Crippen LogP contribution in [0.3, 0.4) is 0 Å². The molecule has 2 aromatic carbocycles. The number of nitrogens with zero attached hydrogens (tertiary/aromatic N) is 3. The first-order chi connectivity index (χ1) is 20.4. The molecule has 0 radical (unpaired) electrons. The molecule has 1 aliphatic heterocycles. The number of hydrogen-bond donors (Lipinski definition) is 5. The van der Waals surface area contributed by atoms with E-state index in [4.69, 9.17) is 29.9 Å². The topological polar surface area (TPSA) is 200 Å². The second-order valence-electron chi connectivity index (χ2n) is 10.1. The van der Waals surface area contributed by atoms with Crippen molar-refractivity contribution >= 4 is 17.9 Å². The fourth-order valence-electron chi connectivity index (χ4n) is 4.68. The monoisotopic (exact) mass is 597 g/mol. The lowest BCUT2D eigenvalue weighted by atomic mass is 9.84. The number of methoxy groups -OCH3 is 2. The standard InChI is InChI=1S/C24H27N3O3.C6H8O7/c1-29-20-9-7-19(8-10-20)23-25-15-18(16-26-23)17-27-13-11-24(28,12-14-27)21-5-3-4-6-22(21)30-2;7-3(8)1-6(13,5(11)12)2-4(9)10/h3-10,15-16,28H,11-14,17H2,1-2H3;13H,1-2H2,(H,7,8)(H,9,10)(H,11,12). The largest absolute Gasteiger partial charge is 0.497 e. The number of carboxylic acid groups (broad SMARTS) is 3. The Bertz CT molecular complexity index is 1370. The van der Waals surface area contributed by atoms with Crippen molar-refractivity contribution in [1.29, 1.82) is 0 Å². The van der Waals surface area contributed by atoms with Crippen molar-refractivity contribution in [2.45, 2.75) is 43.4 Å². The van der Waals surface area contributed by atoms with Crippen LogP contribution in [0.4, 0.5) is 0 Å². The van der Waals surface area contributed by atoms with Crippen LogP contribution in [0.5, 0.6) is 11.5 Å². The number of carbonyl (C=O) groups is 3. The van der Waals surface area contributed by atoms with Gasteiger partial charge in [-0.3, -0.25) is 14.5 Å². The van der Waals surface area contributed by atoms with Gasteiger partial charge in [0.2, 0.25) is 0 Å². The number of para-hydroxylation sites is 1. The second-order valence-corrected chi connectivity index (χ2v) is 10.1. The highest BCUT2D eigenvalue weighted by Gasteiger charge is 2.41. The van der Waals surface area contributed by atoms with Gasteiger partial charge in [-0.25, -0.2) is 14.8 Å². The molecule has 1 saturated heterocycles. The zero-order valence-corrected chi connectivity index (χ0v) is 23.8. The van der Waals surface area contributed by atoms with Crippen LogP contribution in [0, 0.1) is 0 Å². The molecule has 43 heavy (non-hydrogen) atoms. The van der Waals surface area contributed by atoms with Gasteiger partial charge in [-0.1, -0.05) is 18.2 Å². The Hall–Kier alpha value is -4.59. The van der Waals surface area contributed by atoms with Crippen molar-refractivity contribution in [1.82, 2.24) is 14.9 Å². The van der Waals surface area contributed by atoms with E-state index in [1.165, 1.54) is 0 Å². The van der Waals surface area contributed by atoms with E-state index in [0.717, 1.165) is 47.8 Å². The minimum atomic E-state index is -2.74. The lowest BCUT2D eigenvalue weighted by molar-refractivity contribution is -0.170. The first-order valence-corrected chi connectivity index (χ1v) is 13.3. The first kappa shape index (κ1) is 32.9. The summed E-state index contributed by atoms with van der Waals surface area (Å²) in [6.07, 6.45) is 2.81. The predicted molar refractivity (Wildman–Crippen MR) is 153 cm³/mol. The predicted octanol–water partition coefficient (Wildman–Crippen LogP) is 2.40. The summed E-state index contributed by atoms with van der Waals surface area (Å²) in [5.74, 6) is -2.76. The highest BCUT2D eigenvalue weighted by Crippen LogP contribution is 2.38. The Kier molecular flexibility index (Phi) is 11.1. The minimum Gasteiger partial charge on any atom is -0.497 e. The molecule has 0 atom stereocenters. The van der Waals surface area contributed by atoms with E-state index in [0.29, 0.717) is 18.7 Å². The van der Waals surface area contributed by atoms with E-state index < -0.39 is 42.0 Å². The zero-order chi connectivity index (χ0) is 31.6. The van der Waals surface area contributed by atoms with Gasteiger partial charge in [0, 0.05) is 48.7 Å². The molecule has 0 aliphatic carbocycles. The molecule has 13 nitrogen and oxygen atoms in total. The molecule has 230 valence electrons. The molecule has 2 heterocycles. The number of hydrogen-bond acceptors (Lipinski definition) is 10. The van der Waals surface area contributed by atoms with E-state index in [9.17, 15) is 19.5 Å². The second kappa shape index (κ2) is 14.5. The van der Waals surface area contributed by atoms with Gasteiger partial charge in [0.1, 0.15) is 11.5 Å². The van der Waals surface area contributed by atoms with E-state index in [2.05, 4.69) is 14.9 Å². The lowest BCUT2D eigenvalue weighted by Gasteiger charge is -2.39. The van der Waals surface area contributed by atoms with E-state index in [1.54, 1.807) is 14.2 Å². The van der Waals surface area contributed by atoms with Crippen LogP contribution in [0.15, 0.2) is 60.9 Å². The van der Waals surface area contributed by atoms with Crippen molar-refractivity contribution in [3.05, 3.63) is 72.1 Å². The highest BCUT2D eigenvalue weighted by atomic mass is 16.5. The van der Waals surface area contributed by atoms with Crippen LogP contribution in [0.25, 0.3) is 11.4 Å². The summed E-state index contributed by atoms with van der Waals surface area (Å²) in [7, 11) is 3.30. The third-order valence-corrected chi connectivity index (χ3v) is 7.04. The summed E-state index contributed by atoms with van der Waals surface area (Å²) in [5, 5.41) is 45.0. The molecule has 3 aromatic rings. The smallest absolute Gasteiger partial charge is 0.336 e. The van der Waals surface area contributed by atoms with Gasteiger partial charge in [-0.2, -0.15) is 0 Å². The minimum absolute atomic E-state index is 0.665. The van der Waals surface area contributed by atoms with Gasteiger partial charge in [-0.15, -0.1) is 0 Å². The van der Waals surface area contributed by atoms with E-state index in [-0.39, 0.29) is 0 Å². The van der Waals surface area contributed by atoms with Gasteiger partial charge >= 0.3 is 17.9 Å². The SMILES string of the molecule is COc1ccc(-c2ncc(CN3CCC(O)(c4ccccc4OC)CC3)cn2)cc1.O=C(O)CC(O)(CC(=O)O)C(=O)O. The Morgan fingerprint density at radius 1 is 0.884 bits per heavy atom. The molecule has 13 heteroatoms. The summed E-state index contributed by atoms with van der Waals surface area (Å²) < 4.78 is 10.6. The Balaban J connectivity index is 0.000000331.